The van der Waals surface area contributed by atoms with E-state index in [1.54, 1.807) is 47.4 Å². The number of piperidine rings is 1. The first-order valence-electron chi connectivity index (χ1n) is 8.73. The van der Waals surface area contributed by atoms with Gasteiger partial charge in [0.2, 0.25) is 11.8 Å². The van der Waals surface area contributed by atoms with Crippen LogP contribution in [0.5, 0.6) is 0 Å². The van der Waals surface area contributed by atoms with Gasteiger partial charge in [-0.2, -0.15) is 0 Å². The molecular formula is C20H20ClN3O3. The molecule has 6 nitrogen and oxygen atoms in total. The number of halogens is 1. The van der Waals surface area contributed by atoms with Crippen LogP contribution in [-0.4, -0.2) is 24.3 Å². The molecule has 0 atom stereocenters. The minimum atomic E-state index is -0.333. The van der Waals surface area contributed by atoms with E-state index in [4.69, 9.17) is 11.6 Å². The van der Waals surface area contributed by atoms with Crippen LogP contribution in [0, 0.1) is 0 Å². The Morgan fingerprint density at radius 3 is 2.41 bits per heavy atom. The van der Waals surface area contributed by atoms with Crippen molar-refractivity contribution in [2.45, 2.75) is 26.2 Å². The van der Waals surface area contributed by atoms with E-state index < -0.39 is 0 Å². The van der Waals surface area contributed by atoms with Gasteiger partial charge in [0.05, 0.1) is 11.4 Å². The molecule has 0 saturated carbocycles. The number of amides is 3. The van der Waals surface area contributed by atoms with Crippen molar-refractivity contribution >= 4 is 46.4 Å². The van der Waals surface area contributed by atoms with Gasteiger partial charge in [0.25, 0.3) is 5.91 Å². The van der Waals surface area contributed by atoms with Crippen molar-refractivity contribution in [1.29, 1.82) is 0 Å². The van der Waals surface area contributed by atoms with E-state index in [2.05, 4.69) is 10.6 Å². The molecule has 1 aliphatic heterocycles. The molecule has 0 aliphatic carbocycles. The minimum absolute atomic E-state index is 0.109. The fourth-order valence-corrected chi connectivity index (χ4v) is 3.16. The molecule has 1 heterocycles. The highest BCUT2D eigenvalue weighted by Gasteiger charge is 2.20. The zero-order valence-electron chi connectivity index (χ0n) is 14.9. The van der Waals surface area contributed by atoms with Crippen LogP contribution < -0.4 is 15.5 Å². The molecule has 0 bridgehead atoms. The monoisotopic (exact) mass is 385 g/mol. The fraction of sp³-hybridized carbons (Fsp3) is 0.250. The Morgan fingerprint density at radius 1 is 1.00 bits per heavy atom. The number of hydrogen-bond donors (Lipinski definition) is 2. The average Bonchev–Trinajstić information content (AvgIpc) is 2.64. The van der Waals surface area contributed by atoms with E-state index in [-0.39, 0.29) is 17.7 Å². The van der Waals surface area contributed by atoms with Gasteiger partial charge < -0.3 is 15.5 Å². The van der Waals surface area contributed by atoms with E-state index in [1.807, 2.05) is 0 Å². The third-order valence-electron chi connectivity index (χ3n) is 4.31. The molecule has 3 rings (SSSR count). The SMILES string of the molecule is CC(=O)Nc1ccc(Cl)cc1NC(=O)c1ccc(N2CCCCC2=O)cc1. The Balaban J connectivity index is 1.76. The van der Waals surface area contributed by atoms with Crippen LogP contribution in [0.2, 0.25) is 5.02 Å². The smallest absolute Gasteiger partial charge is 0.255 e. The molecule has 0 unspecified atom stereocenters. The van der Waals surface area contributed by atoms with Crippen LogP contribution in [0.25, 0.3) is 0 Å². The Labute approximate surface area is 162 Å². The zero-order chi connectivity index (χ0) is 19.4. The molecule has 140 valence electrons. The van der Waals surface area contributed by atoms with Crippen molar-refractivity contribution in [1.82, 2.24) is 0 Å². The molecule has 3 amide bonds. The van der Waals surface area contributed by atoms with Crippen LogP contribution in [0.4, 0.5) is 17.1 Å². The Kier molecular flexibility index (Phi) is 5.76. The van der Waals surface area contributed by atoms with Crippen LogP contribution in [0.1, 0.15) is 36.5 Å². The Morgan fingerprint density at radius 2 is 1.74 bits per heavy atom. The maximum atomic E-state index is 12.6. The lowest BCUT2D eigenvalue weighted by atomic mass is 10.1. The topological polar surface area (TPSA) is 78.5 Å². The molecule has 2 aromatic carbocycles. The molecule has 1 aliphatic rings. The summed E-state index contributed by atoms with van der Waals surface area (Å²) in [6, 6.07) is 11.7. The molecular weight excluding hydrogens is 366 g/mol. The number of carbonyl (C=O) groups is 3. The lowest BCUT2D eigenvalue weighted by molar-refractivity contribution is -0.119. The maximum Gasteiger partial charge on any atom is 0.255 e. The molecule has 2 N–H and O–H groups in total. The first kappa shape index (κ1) is 18.9. The number of carbonyl (C=O) groups excluding carboxylic acids is 3. The van der Waals surface area contributed by atoms with Crippen molar-refractivity contribution in [2.75, 3.05) is 22.1 Å². The predicted octanol–water partition coefficient (Wildman–Crippen LogP) is 4.07. The fourth-order valence-electron chi connectivity index (χ4n) is 2.98. The number of benzene rings is 2. The number of nitrogens with one attached hydrogen (secondary N) is 2. The summed E-state index contributed by atoms with van der Waals surface area (Å²) in [5.41, 5.74) is 2.11. The van der Waals surface area contributed by atoms with Crippen LogP contribution in [0.3, 0.4) is 0 Å². The summed E-state index contributed by atoms with van der Waals surface area (Å²) >= 11 is 6.00. The van der Waals surface area contributed by atoms with Crippen LogP contribution >= 0.6 is 11.6 Å². The summed E-state index contributed by atoms with van der Waals surface area (Å²) in [6.45, 7) is 2.09. The second-order valence-corrected chi connectivity index (χ2v) is 6.81. The lowest BCUT2D eigenvalue weighted by Crippen LogP contribution is -2.35. The van der Waals surface area contributed by atoms with E-state index >= 15 is 0 Å². The predicted molar refractivity (Wildman–Crippen MR) is 106 cm³/mol. The Hall–Kier alpha value is -2.86. The van der Waals surface area contributed by atoms with Gasteiger partial charge in [0.1, 0.15) is 0 Å². The third-order valence-corrected chi connectivity index (χ3v) is 4.54. The number of rotatable bonds is 4. The van der Waals surface area contributed by atoms with Gasteiger partial charge in [0, 0.05) is 36.2 Å². The first-order chi connectivity index (χ1) is 12.9. The summed E-state index contributed by atoms with van der Waals surface area (Å²) in [5.74, 6) is -0.471. The highest BCUT2D eigenvalue weighted by atomic mass is 35.5. The lowest BCUT2D eigenvalue weighted by Gasteiger charge is -2.26. The molecule has 1 fully saturated rings. The van der Waals surface area contributed by atoms with Crippen LogP contribution in [-0.2, 0) is 9.59 Å². The summed E-state index contributed by atoms with van der Waals surface area (Å²) in [5, 5.41) is 5.86. The standard InChI is InChI=1S/C20H20ClN3O3/c1-13(25)22-17-10-7-15(21)12-18(17)23-20(27)14-5-8-16(9-6-14)24-11-3-2-4-19(24)26/h5-10,12H,2-4,11H2,1H3,(H,22,25)(H,23,27). The van der Waals surface area contributed by atoms with E-state index in [0.717, 1.165) is 18.5 Å². The normalized spacial score (nSPS) is 14.0. The summed E-state index contributed by atoms with van der Waals surface area (Å²) < 4.78 is 0. The molecule has 0 aromatic heterocycles. The summed E-state index contributed by atoms with van der Waals surface area (Å²) in [7, 11) is 0. The molecule has 1 saturated heterocycles. The molecule has 7 heteroatoms. The molecule has 2 aromatic rings. The highest BCUT2D eigenvalue weighted by molar-refractivity contribution is 6.31. The summed E-state index contributed by atoms with van der Waals surface area (Å²) in [6.07, 6.45) is 2.46. The molecule has 0 spiro atoms. The second kappa shape index (κ2) is 8.22. The van der Waals surface area contributed by atoms with Gasteiger partial charge in [-0.15, -0.1) is 0 Å². The van der Waals surface area contributed by atoms with Gasteiger partial charge in [-0.05, 0) is 55.3 Å². The summed E-state index contributed by atoms with van der Waals surface area (Å²) in [4.78, 5) is 37.7. The minimum Gasteiger partial charge on any atom is -0.325 e. The zero-order valence-corrected chi connectivity index (χ0v) is 15.7. The van der Waals surface area contributed by atoms with Gasteiger partial charge in [-0.1, -0.05) is 11.6 Å². The first-order valence-corrected chi connectivity index (χ1v) is 9.11. The van der Waals surface area contributed by atoms with Gasteiger partial charge >= 0.3 is 0 Å². The number of anilines is 3. The largest absolute Gasteiger partial charge is 0.325 e. The Bertz CT molecular complexity index is 881. The number of nitrogens with zero attached hydrogens (tertiary/aromatic N) is 1. The van der Waals surface area contributed by atoms with Gasteiger partial charge in [-0.3, -0.25) is 14.4 Å². The quantitative estimate of drug-likeness (QED) is 0.832. The van der Waals surface area contributed by atoms with Crippen LogP contribution in [0.15, 0.2) is 42.5 Å². The number of hydrogen-bond acceptors (Lipinski definition) is 3. The second-order valence-electron chi connectivity index (χ2n) is 6.37. The van der Waals surface area contributed by atoms with Crippen molar-refractivity contribution in [2.24, 2.45) is 0 Å². The highest BCUT2D eigenvalue weighted by Crippen LogP contribution is 2.27. The van der Waals surface area contributed by atoms with Gasteiger partial charge in [0.15, 0.2) is 0 Å². The van der Waals surface area contributed by atoms with Crippen molar-refractivity contribution in [3.05, 3.63) is 53.1 Å². The average molecular weight is 386 g/mol. The van der Waals surface area contributed by atoms with Gasteiger partial charge in [-0.25, -0.2) is 0 Å². The van der Waals surface area contributed by atoms with Crippen molar-refractivity contribution < 1.29 is 14.4 Å². The van der Waals surface area contributed by atoms with Crippen molar-refractivity contribution in [3.63, 3.8) is 0 Å². The van der Waals surface area contributed by atoms with E-state index in [9.17, 15) is 14.4 Å². The maximum absolute atomic E-state index is 12.6. The molecule has 27 heavy (non-hydrogen) atoms. The van der Waals surface area contributed by atoms with E-state index in [1.165, 1.54) is 6.92 Å². The third kappa shape index (κ3) is 4.65. The van der Waals surface area contributed by atoms with E-state index in [0.29, 0.717) is 34.9 Å². The van der Waals surface area contributed by atoms with Crippen molar-refractivity contribution in [3.8, 4) is 0 Å². The molecule has 0 radical (unpaired) electrons.